The van der Waals surface area contributed by atoms with Crippen molar-refractivity contribution in [1.82, 2.24) is 9.78 Å². The second kappa shape index (κ2) is 6.92. The van der Waals surface area contributed by atoms with E-state index in [0.717, 1.165) is 22.6 Å². The maximum atomic E-state index is 12.5. The van der Waals surface area contributed by atoms with Crippen LogP contribution in [0.2, 0.25) is 0 Å². The van der Waals surface area contributed by atoms with Gasteiger partial charge in [0.1, 0.15) is 11.6 Å². The Balaban J connectivity index is 1.75. The number of carbonyl (C=O) groups excluding carboxylic acids is 1. The van der Waals surface area contributed by atoms with E-state index in [9.17, 15) is 13.2 Å². The van der Waals surface area contributed by atoms with Crippen molar-refractivity contribution in [2.24, 2.45) is 0 Å². The lowest BCUT2D eigenvalue weighted by molar-refractivity contribution is -0.116. The molecule has 1 aromatic carbocycles. The van der Waals surface area contributed by atoms with Crippen LogP contribution in [0, 0.1) is 6.92 Å². The van der Waals surface area contributed by atoms with Gasteiger partial charge in [0.2, 0.25) is 5.91 Å². The highest BCUT2D eigenvalue weighted by molar-refractivity contribution is 7.91. The van der Waals surface area contributed by atoms with Gasteiger partial charge in [-0.3, -0.25) is 4.79 Å². The third-order valence-corrected chi connectivity index (χ3v) is 7.06. The number of hydrogen-bond donors (Lipinski definition) is 1. The van der Waals surface area contributed by atoms with Crippen molar-refractivity contribution in [3.63, 3.8) is 0 Å². The molecule has 1 saturated heterocycles. The predicted octanol–water partition coefficient (Wildman–Crippen LogP) is 2.81. The molecule has 2 aliphatic rings. The van der Waals surface area contributed by atoms with Crippen molar-refractivity contribution in [3.05, 3.63) is 41.1 Å². The van der Waals surface area contributed by atoms with E-state index in [0.29, 0.717) is 18.7 Å². The van der Waals surface area contributed by atoms with Crippen LogP contribution in [0.1, 0.15) is 55.5 Å². The second-order valence-corrected chi connectivity index (χ2v) is 10.1. The van der Waals surface area contributed by atoms with Gasteiger partial charge in [-0.15, -0.1) is 0 Å². The molecule has 28 heavy (non-hydrogen) atoms. The number of nitrogens with zero attached hydrogens (tertiary/aromatic N) is 2. The first-order valence-electron chi connectivity index (χ1n) is 9.59. The van der Waals surface area contributed by atoms with Crippen LogP contribution in [0.4, 0.5) is 5.82 Å². The maximum Gasteiger partial charge on any atom is 0.226 e. The van der Waals surface area contributed by atoms with E-state index < -0.39 is 9.84 Å². The summed E-state index contributed by atoms with van der Waals surface area (Å²) in [7, 11) is -3.05. The summed E-state index contributed by atoms with van der Waals surface area (Å²) >= 11 is 0. The highest BCUT2D eigenvalue weighted by atomic mass is 32.2. The lowest BCUT2D eigenvalue weighted by Gasteiger charge is -2.26. The van der Waals surface area contributed by atoms with Gasteiger partial charge in [-0.1, -0.05) is 12.1 Å². The standard InChI is InChI=1S/C20H25N3O4S/c1-12(2)27-16-6-4-5-14(9-16)17-10-18(24)21-20-19(17)13(3)22-23(20)15-7-8-28(25,26)11-15/h4-6,9,12,15,17H,7-8,10-11H2,1-3H3,(H,21,24). The summed E-state index contributed by atoms with van der Waals surface area (Å²) in [5.74, 6) is 1.42. The molecule has 1 N–H and O–H groups in total. The van der Waals surface area contributed by atoms with Gasteiger partial charge < -0.3 is 10.1 Å². The Bertz CT molecular complexity index is 1030. The summed E-state index contributed by atoms with van der Waals surface area (Å²) in [6.07, 6.45) is 0.913. The first-order chi connectivity index (χ1) is 13.2. The molecular formula is C20H25N3O4S. The molecule has 2 unspecified atom stereocenters. The van der Waals surface area contributed by atoms with Crippen molar-refractivity contribution >= 4 is 21.6 Å². The number of aromatic nitrogens is 2. The second-order valence-electron chi connectivity index (χ2n) is 7.89. The van der Waals surface area contributed by atoms with Crippen molar-refractivity contribution in [1.29, 1.82) is 0 Å². The zero-order chi connectivity index (χ0) is 20.1. The van der Waals surface area contributed by atoms with Gasteiger partial charge in [0.05, 0.1) is 29.3 Å². The lowest BCUT2D eigenvalue weighted by atomic mass is 9.85. The average Bonchev–Trinajstić information content (AvgIpc) is 3.13. The molecule has 0 spiro atoms. The van der Waals surface area contributed by atoms with Gasteiger partial charge in [-0.05, 0) is 44.9 Å². The number of amides is 1. The number of benzene rings is 1. The molecule has 2 aliphatic heterocycles. The van der Waals surface area contributed by atoms with Crippen LogP contribution in [0.25, 0.3) is 0 Å². The van der Waals surface area contributed by atoms with Crippen LogP contribution in [0.3, 0.4) is 0 Å². The van der Waals surface area contributed by atoms with E-state index in [4.69, 9.17) is 4.74 Å². The van der Waals surface area contributed by atoms with Crippen molar-refractivity contribution in [3.8, 4) is 5.75 Å². The van der Waals surface area contributed by atoms with Gasteiger partial charge >= 0.3 is 0 Å². The van der Waals surface area contributed by atoms with Crippen molar-refractivity contribution < 1.29 is 17.9 Å². The van der Waals surface area contributed by atoms with Gasteiger partial charge in [0, 0.05) is 17.9 Å². The first kappa shape index (κ1) is 19.0. The Morgan fingerprint density at radius 3 is 2.79 bits per heavy atom. The third-order valence-electron chi connectivity index (χ3n) is 5.31. The van der Waals surface area contributed by atoms with E-state index in [-0.39, 0.29) is 35.5 Å². The largest absolute Gasteiger partial charge is 0.491 e. The van der Waals surface area contributed by atoms with Crippen LogP contribution in [-0.2, 0) is 14.6 Å². The highest BCUT2D eigenvalue weighted by Crippen LogP contribution is 2.42. The number of nitrogens with one attached hydrogen (secondary N) is 1. The smallest absolute Gasteiger partial charge is 0.226 e. The number of rotatable bonds is 4. The molecule has 0 aliphatic carbocycles. The van der Waals surface area contributed by atoms with Crippen LogP contribution in [-0.4, -0.2) is 41.7 Å². The van der Waals surface area contributed by atoms with E-state index in [1.165, 1.54) is 0 Å². The average molecular weight is 404 g/mol. The number of ether oxygens (including phenoxy) is 1. The molecule has 1 amide bonds. The number of fused-ring (bicyclic) bond motifs is 1. The summed E-state index contributed by atoms with van der Waals surface area (Å²) in [4.78, 5) is 12.5. The zero-order valence-corrected chi connectivity index (χ0v) is 17.1. The van der Waals surface area contributed by atoms with E-state index in [1.807, 2.05) is 45.0 Å². The molecule has 8 heteroatoms. The summed E-state index contributed by atoms with van der Waals surface area (Å²) in [5.41, 5.74) is 2.78. The van der Waals surface area contributed by atoms with Crippen LogP contribution in [0.5, 0.6) is 5.75 Å². The Kier molecular flexibility index (Phi) is 4.69. The Labute approximate surface area is 165 Å². The molecule has 2 atom stereocenters. The summed E-state index contributed by atoms with van der Waals surface area (Å²) < 4.78 is 31.4. The minimum absolute atomic E-state index is 0.0641. The van der Waals surface area contributed by atoms with Gasteiger partial charge in [0.15, 0.2) is 9.84 Å². The van der Waals surface area contributed by atoms with Gasteiger partial charge in [0.25, 0.3) is 0 Å². The number of hydrogen-bond acceptors (Lipinski definition) is 5. The minimum atomic E-state index is -3.05. The quantitative estimate of drug-likeness (QED) is 0.848. The Morgan fingerprint density at radius 1 is 1.32 bits per heavy atom. The van der Waals surface area contributed by atoms with Crippen LogP contribution >= 0.6 is 0 Å². The fraction of sp³-hybridized carbons (Fsp3) is 0.500. The molecule has 3 heterocycles. The van der Waals surface area contributed by atoms with Crippen molar-refractivity contribution in [2.75, 3.05) is 16.8 Å². The van der Waals surface area contributed by atoms with E-state index >= 15 is 0 Å². The molecule has 1 aromatic heterocycles. The summed E-state index contributed by atoms with van der Waals surface area (Å²) in [6.45, 7) is 5.86. The van der Waals surface area contributed by atoms with E-state index in [1.54, 1.807) is 4.68 Å². The fourth-order valence-electron chi connectivity index (χ4n) is 4.17. The number of aryl methyl sites for hydroxylation is 1. The van der Waals surface area contributed by atoms with E-state index in [2.05, 4.69) is 10.4 Å². The molecule has 2 aromatic rings. The molecule has 0 radical (unpaired) electrons. The Hall–Kier alpha value is -2.35. The SMILES string of the molecule is Cc1nn(C2CCS(=O)(=O)C2)c2c1C(c1cccc(OC(C)C)c1)CC(=O)N2. The van der Waals surface area contributed by atoms with Gasteiger partial charge in [-0.25, -0.2) is 13.1 Å². The van der Waals surface area contributed by atoms with Gasteiger partial charge in [-0.2, -0.15) is 5.10 Å². The predicted molar refractivity (Wildman–Crippen MR) is 107 cm³/mol. The van der Waals surface area contributed by atoms with Crippen molar-refractivity contribution in [2.45, 2.75) is 51.7 Å². The third kappa shape index (κ3) is 3.53. The molecule has 4 rings (SSSR count). The number of sulfone groups is 1. The minimum Gasteiger partial charge on any atom is -0.491 e. The number of anilines is 1. The highest BCUT2D eigenvalue weighted by Gasteiger charge is 2.37. The maximum absolute atomic E-state index is 12.5. The number of carbonyl (C=O) groups is 1. The van der Waals surface area contributed by atoms with Crippen LogP contribution < -0.4 is 10.1 Å². The lowest BCUT2D eigenvalue weighted by Crippen LogP contribution is -2.26. The molecule has 150 valence electrons. The summed E-state index contributed by atoms with van der Waals surface area (Å²) in [5, 5.41) is 7.56. The fourth-order valence-corrected chi connectivity index (χ4v) is 5.86. The molecule has 0 bridgehead atoms. The topological polar surface area (TPSA) is 90.3 Å². The monoisotopic (exact) mass is 403 g/mol. The summed E-state index contributed by atoms with van der Waals surface area (Å²) in [6, 6.07) is 7.58. The normalized spacial score (nSPS) is 23.5. The molecule has 7 nitrogen and oxygen atoms in total. The molecular weight excluding hydrogens is 378 g/mol. The molecule has 0 saturated carbocycles. The Morgan fingerprint density at radius 2 is 2.11 bits per heavy atom. The van der Waals surface area contributed by atoms with Crippen LogP contribution in [0.15, 0.2) is 24.3 Å². The zero-order valence-electron chi connectivity index (χ0n) is 16.3. The first-order valence-corrected chi connectivity index (χ1v) is 11.4. The molecule has 1 fully saturated rings.